The molecular weight excluding hydrogens is 518 g/mol. The van der Waals surface area contributed by atoms with Crippen molar-refractivity contribution in [2.24, 2.45) is 5.92 Å². The first kappa shape index (κ1) is 30.0. The maximum absolute atomic E-state index is 11.9. The largest absolute Gasteiger partial charge is 0.508 e. The molecule has 5 rings (SSSR count). The van der Waals surface area contributed by atoms with Gasteiger partial charge in [-0.1, -0.05) is 74.8 Å². The van der Waals surface area contributed by atoms with Crippen LogP contribution < -0.4 is 0 Å². The summed E-state index contributed by atoms with van der Waals surface area (Å²) >= 11 is 0. The van der Waals surface area contributed by atoms with E-state index in [1.54, 1.807) is 24.3 Å². The van der Waals surface area contributed by atoms with Crippen LogP contribution in [0.2, 0.25) is 0 Å². The van der Waals surface area contributed by atoms with E-state index in [0.717, 1.165) is 43.2 Å². The van der Waals surface area contributed by atoms with Crippen LogP contribution in [0, 0.1) is 5.92 Å². The molecule has 2 saturated carbocycles. The normalized spacial score (nSPS) is 17.2. The van der Waals surface area contributed by atoms with Crippen LogP contribution in [-0.4, -0.2) is 33.5 Å². The van der Waals surface area contributed by atoms with Gasteiger partial charge in [-0.2, -0.15) is 0 Å². The quantitative estimate of drug-likeness (QED) is 0.201. The molecule has 0 spiro atoms. The van der Waals surface area contributed by atoms with Crippen LogP contribution in [0.15, 0.2) is 54.1 Å². The monoisotopic (exact) mass is 559 g/mol. The van der Waals surface area contributed by atoms with Crippen molar-refractivity contribution in [1.82, 2.24) is 4.90 Å². The van der Waals surface area contributed by atoms with Gasteiger partial charge in [-0.05, 0) is 79.0 Å². The predicted molar refractivity (Wildman–Crippen MR) is 147 cm³/mol. The van der Waals surface area contributed by atoms with E-state index in [-0.39, 0.29) is 40.4 Å². The van der Waals surface area contributed by atoms with Crippen molar-refractivity contribution in [3.63, 3.8) is 0 Å². The molecule has 3 fully saturated rings. The Morgan fingerprint density at radius 2 is 1.13 bits per heavy atom. The fourth-order valence-electron chi connectivity index (χ4n) is 5.94. The number of benzene rings is 2. The number of imide groups is 1. The summed E-state index contributed by atoms with van der Waals surface area (Å²) in [7, 11) is 0. The molecule has 0 radical (unpaired) electrons. The zero-order valence-electron chi connectivity index (χ0n) is 22.3. The molecule has 1 heterocycles. The summed E-state index contributed by atoms with van der Waals surface area (Å²) < 4.78 is 0. The van der Waals surface area contributed by atoms with Crippen LogP contribution in [-0.2, 0) is 26.7 Å². The summed E-state index contributed by atoms with van der Waals surface area (Å²) in [6.45, 7) is 0.503. The summed E-state index contributed by atoms with van der Waals surface area (Å²) in [6, 6.07) is 14.7. The summed E-state index contributed by atoms with van der Waals surface area (Å²) in [4.78, 5) is 25.2. The van der Waals surface area contributed by atoms with Gasteiger partial charge in [0.1, 0.15) is 11.5 Å². The van der Waals surface area contributed by atoms with Crippen molar-refractivity contribution in [2.45, 2.75) is 89.9 Å². The van der Waals surface area contributed by atoms with Crippen LogP contribution in [0.25, 0.3) is 5.57 Å². The third kappa shape index (κ3) is 8.22. The number of unbranched alkanes of at least 4 members (excludes halogenated alkanes) is 1. The minimum absolute atomic E-state index is 0. The molecule has 6 heteroatoms. The Kier molecular flexibility index (Phi) is 11.9. The average molecular weight is 560 g/mol. The average Bonchev–Trinajstić information content (AvgIpc) is 3.69. The molecular formula is C32H41FeNO4. The maximum Gasteiger partial charge on any atom is 0.229 e. The minimum Gasteiger partial charge on any atom is -0.508 e. The molecule has 3 aliphatic rings. The van der Waals surface area contributed by atoms with E-state index in [0.29, 0.717) is 25.3 Å². The SMILES string of the molecule is C1CCCC1.O=C1CCC(=O)N1CCCCC(=C(c1ccc(O)cc1)c1ccc(O)cc1)C1CCCC1.[Fe]. The van der Waals surface area contributed by atoms with Gasteiger partial charge in [0.05, 0.1) is 0 Å². The second-order valence-corrected chi connectivity index (χ2v) is 10.6. The third-order valence-corrected chi connectivity index (χ3v) is 7.96. The zero-order chi connectivity index (χ0) is 26.0. The van der Waals surface area contributed by atoms with Crippen molar-refractivity contribution >= 4 is 17.4 Å². The van der Waals surface area contributed by atoms with E-state index >= 15 is 0 Å². The molecule has 2 amide bonds. The zero-order valence-corrected chi connectivity index (χ0v) is 23.4. The standard InChI is InChI=1S/C27H31NO4.C5H10.Fe/c29-22-12-8-20(9-13-22)27(21-10-14-23(30)15-11-21)24(19-5-1-2-6-19)7-3-4-18-28-25(31)16-17-26(28)32;1-2-4-5-3-1;/h8-15,19,29-30H,1-7,16-18H2;1-5H2;. The van der Waals surface area contributed by atoms with Crippen molar-refractivity contribution in [3.05, 3.63) is 65.2 Å². The molecule has 2 aliphatic carbocycles. The number of hydrogen-bond donors (Lipinski definition) is 2. The molecule has 0 aromatic heterocycles. The topological polar surface area (TPSA) is 77.8 Å². The van der Waals surface area contributed by atoms with Crippen molar-refractivity contribution in [3.8, 4) is 11.5 Å². The number of nitrogens with zero attached hydrogens (tertiary/aromatic N) is 1. The number of amides is 2. The molecule has 2 aromatic carbocycles. The first-order valence-electron chi connectivity index (χ1n) is 14.2. The van der Waals surface area contributed by atoms with Gasteiger partial charge in [0, 0.05) is 36.5 Å². The Morgan fingerprint density at radius 1 is 0.684 bits per heavy atom. The minimum atomic E-state index is -0.0459. The number of carbonyl (C=O) groups excluding carboxylic acids is 2. The number of rotatable bonds is 8. The van der Waals surface area contributed by atoms with Gasteiger partial charge in [-0.15, -0.1) is 0 Å². The van der Waals surface area contributed by atoms with Crippen molar-refractivity contribution in [1.29, 1.82) is 0 Å². The van der Waals surface area contributed by atoms with Crippen LogP contribution in [0.5, 0.6) is 11.5 Å². The van der Waals surface area contributed by atoms with E-state index in [4.69, 9.17) is 0 Å². The van der Waals surface area contributed by atoms with E-state index < -0.39 is 0 Å². The Bertz CT molecular complexity index is 997. The fourth-order valence-corrected chi connectivity index (χ4v) is 5.94. The fraction of sp³-hybridized carbons (Fsp3) is 0.500. The van der Waals surface area contributed by atoms with Gasteiger partial charge < -0.3 is 10.2 Å². The Hall–Kier alpha value is -2.56. The van der Waals surface area contributed by atoms with Gasteiger partial charge in [-0.25, -0.2) is 0 Å². The number of likely N-dealkylation sites (tertiary alicyclic amines) is 1. The summed E-state index contributed by atoms with van der Waals surface area (Å²) in [5.74, 6) is 0.885. The number of phenolic OH excluding ortho intramolecular Hbond substituents is 2. The Labute approximate surface area is 237 Å². The third-order valence-electron chi connectivity index (χ3n) is 7.96. The Morgan fingerprint density at radius 3 is 1.58 bits per heavy atom. The van der Waals surface area contributed by atoms with E-state index in [1.165, 1.54) is 61.0 Å². The molecule has 5 nitrogen and oxygen atoms in total. The number of phenols is 2. The molecule has 206 valence electrons. The molecule has 2 aromatic rings. The van der Waals surface area contributed by atoms with Crippen molar-refractivity contribution < 1.29 is 36.9 Å². The first-order chi connectivity index (χ1) is 18.0. The van der Waals surface area contributed by atoms with Gasteiger partial charge in [-0.3, -0.25) is 14.5 Å². The molecule has 2 N–H and O–H groups in total. The molecule has 1 saturated heterocycles. The van der Waals surface area contributed by atoms with Crippen LogP contribution >= 0.6 is 0 Å². The molecule has 1 aliphatic heterocycles. The molecule has 38 heavy (non-hydrogen) atoms. The smallest absolute Gasteiger partial charge is 0.229 e. The molecule has 0 atom stereocenters. The summed E-state index contributed by atoms with van der Waals surface area (Å²) in [5.41, 5.74) is 4.68. The van der Waals surface area contributed by atoms with Gasteiger partial charge in [0.2, 0.25) is 11.8 Å². The number of aromatic hydroxyl groups is 2. The maximum atomic E-state index is 11.9. The predicted octanol–water partition coefficient (Wildman–Crippen LogP) is 7.36. The molecule has 0 bridgehead atoms. The van der Waals surface area contributed by atoms with Gasteiger partial charge in [0.25, 0.3) is 0 Å². The number of hydrogen-bond acceptors (Lipinski definition) is 4. The van der Waals surface area contributed by atoms with E-state index in [2.05, 4.69) is 0 Å². The number of carbonyl (C=O) groups is 2. The number of allylic oxidation sites excluding steroid dienone is 1. The molecule has 0 unspecified atom stereocenters. The van der Waals surface area contributed by atoms with Gasteiger partial charge in [0.15, 0.2) is 0 Å². The summed E-state index contributed by atoms with van der Waals surface area (Å²) in [5, 5.41) is 19.6. The Balaban J connectivity index is 0.000000598. The van der Waals surface area contributed by atoms with Crippen LogP contribution in [0.3, 0.4) is 0 Å². The second kappa shape index (κ2) is 15.1. The summed E-state index contributed by atoms with van der Waals surface area (Å²) in [6.07, 6.45) is 15.6. The van der Waals surface area contributed by atoms with E-state index in [9.17, 15) is 19.8 Å². The second-order valence-electron chi connectivity index (χ2n) is 10.6. The first-order valence-corrected chi connectivity index (χ1v) is 14.2. The van der Waals surface area contributed by atoms with Crippen molar-refractivity contribution in [2.75, 3.05) is 6.54 Å². The van der Waals surface area contributed by atoms with Crippen LogP contribution in [0.1, 0.15) is 101 Å². The van der Waals surface area contributed by atoms with Gasteiger partial charge >= 0.3 is 0 Å². The van der Waals surface area contributed by atoms with Crippen LogP contribution in [0.4, 0.5) is 0 Å². The van der Waals surface area contributed by atoms with E-state index in [1.807, 2.05) is 24.3 Å².